The third kappa shape index (κ3) is 17.6. The van der Waals surface area contributed by atoms with Crippen molar-refractivity contribution in [1.82, 2.24) is 73.9 Å². The average molecular weight is 1570 g/mol. The van der Waals surface area contributed by atoms with E-state index in [1.807, 2.05) is 113 Å². The predicted octanol–water partition coefficient (Wildman–Crippen LogP) is 15.1. The molecular formula is C87H87Cl2FN18O6. The Labute approximate surface area is 668 Å². The number of ketones is 3. The molecule has 0 saturated carbocycles. The first kappa shape index (κ1) is 79.6. The molecular weight excluding hydrogens is 1480 g/mol. The normalized spacial score (nSPS) is 15.5. The number of aryl methyl sites for hydroxylation is 6. The minimum absolute atomic E-state index is 0.0280. The number of halogens is 3. The van der Waals surface area contributed by atoms with Crippen LogP contribution in [0.3, 0.4) is 0 Å². The van der Waals surface area contributed by atoms with E-state index in [1.54, 1.807) is 58.0 Å². The van der Waals surface area contributed by atoms with Gasteiger partial charge >= 0.3 is 0 Å². The minimum Gasteiger partial charge on any atom is -0.383 e. The van der Waals surface area contributed by atoms with Crippen molar-refractivity contribution in [3.63, 3.8) is 0 Å². The molecule has 3 saturated heterocycles. The number of rotatable bonds is 21. The second-order valence-corrected chi connectivity index (χ2v) is 29.7. The van der Waals surface area contributed by atoms with Gasteiger partial charge in [-0.2, -0.15) is 15.3 Å². The van der Waals surface area contributed by atoms with E-state index in [4.69, 9.17) is 55.7 Å². The zero-order valence-electron chi connectivity index (χ0n) is 63.7. The van der Waals surface area contributed by atoms with Gasteiger partial charge in [-0.05, 0) is 167 Å². The molecule has 24 nitrogen and oxygen atoms in total. The number of carbonyl (C=O) groups excluding carboxylic acids is 6. The van der Waals surface area contributed by atoms with Gasteiger partial charge in [0.05, 0.1) is 39.8 Å². The minimum atomic E-state index is -0.484. The molecule has 0 spiro atoms. The first-order valence-electron chi connectivity index (χ1n) is 37.9. The van der Waals surface area contributed by atoms with Crippen molar-refractivity contribution in [1.29, 1.82) is 0 Å². The molecule has 6 aromatic carbocycles. The fourth-order valence-corrected chi connectivity index (χ4v) is 15.7. The number of nitrogen functional groups attached to an aromatic ring is 3. The first-order valence-corrected chi connectivity index (χ1v) is 38.7. The van der Waals surface area contributed by atoms with Gasteiger partial charge in [0.25, 0.3) is 0 Å². The molecule has 6 N–H and O–H groups in total. The Morgan fingerprint density at radius 1 is 0.439 bits per heavy atom. The molecule has 3 fully saturated rings. The van der Waals surface area contributed by atoms with Crippen molar-refractivity contribution >= 4 is 109 Å². The number of nitrogens with zero attached hydrogens (tertiary/aromatic N) is 15. The zero-order chi connectivity index (χ0) is 80.4. The van der Waals surface area contributed by atoms with Gasteiger partial charge in [-0.1, -0.05) is 134 Å². The molecule has 9 heterocycles. The maximum Gasteiger partial charge on any atom is 0.246 e. The summed E-state index contributed by atoms with van der Waals surface area (Å²) in [6.07, 6.45) is 16.2. The van der Waals surface area contributed by atoms with Crippen molar-refractivity contribution in [2.45, 2.75) is 116 Å². The second-order valence-electron chi connectivity index (χ2n) is 28.8. The van der Waals surface area contributed by atoms with E-state index < -0.39 is 5.82 Å². The summed E-state index contributed by atoms with van der Waals surface area (Å²) in [5.41, 5.74) is 32.5. The summed E-state index contributed by atoms with van der Waals surface area (Å²) in [6, 6.07) is 39.0. The Bertz CT molecular complexity index is 5670. The number of Topliss-reactive ketones (excluding diaryl/α,β-unsaturated/α-hetero) is 3. The first-order chi connectivity index (χ1) is 55.1. The number of likely N-dealkylation sites (tertiary alicyclic amines) is 3. The molecule has 3 aliphatic rings. The standard InChI is InChI=1S/2C29H29ClN6O2.C29H29FN6O2/c1-3-25(38)35-14-4-5-22(16-35)36-29-26(28(31)32-17-33-29)27(34-36)20-10-7-19(8-11-20)9-13-24(37)23-15-21(30)12-6-18(23)2;1-3-25(38)35-14-4-5-22(16-35)36-29-26(28(31)32-17-33-29)27(34-36)20-9-6-19(7-10-20)8-13-24(37)23-12-11-21(30)15-18(23)2;1-3-24(38)35-15-5-7-21(16-35)36-29-26(28(31)32-17-33-29)27(34-36)20-12-9-19(10-13-20)11-14-23(37)25-18(2)6-4-8-22(25)30/h3,6-8,10-12,15,17,22H,1,4-5,9,13-14,16H2,2H3,(H2,31,32,33);3,6-7,9-12,15,17,22H,1,4-5,8,13-14,16H2,2H3,(H2,31,32,33);3-4,6,8-10,12-13,17,21H,1,5,7,11,14-16H2,2H3,(H2,31,32,33). The number of anilines is 3. The Morgan fingerprint density at radius 3 is 1.17 bits per heavy atom. The van der Waals surface area contributed by atoms with E-state index in [0.29, 0.717) is 166 Å². The molecule has 3 atom stereocenters. The van der Waals surface area contributed by atoms with E-state index in [0.717, 1.165) is 83.0 Å². The lowest BCUT2D eigenvalue weighted by molar-refractivity contribution is -0.128. The fraction of sp³-hybridized carbons (Fsp3) is 0.276. The van der Waals surface area contributed by atoms with E-state index >= 15 is 0 Å². The van der Waals surface area contributed by atoms with Gasteiger partial charge < -0.3 is 31.9 Å². The second kappa shape index (κ2) is 35.5. The van der Waals surface area contributed by atoms with Gasteiger partial charge in [0.15, 0.2) is 34.3 Å². The largest absolute Gasteiger partial charge is 0.383 e. The monoisotopic (exact) mass is 1570 g/mol. The van der Waals surface area contributed by atoms with E-state index in [9.17, 15) is 33.2 Å². The number of piperidine rings is 3. The molecule has 582 valence electrons. The molecule has 0 bridgehead atoms. The molecule has 114 heavy (non-hydrogen) atoms. The maximum atomic E-state index is 14.2. The molecule has 12 aromatic rings. The summed E-state index contributed by atoms with van der Waals surface area (Å²) in [7, 11) is 0. The highest BCUT2D eigenvalue weighted by Crippen LogP contribution is 2.39. The van der Waals surface area contributed by atoms with Crippen molar-refractivity contribution in [3.8, 4) is 33.8 Å². The lowest BCUT2D eigenvalue weighted by Gasteiger charge is -2.32. The highest BCUT2D eigenvalue weighted by atomic mass is 35.5. The summed E-state index contributed by atoms with van der Waals surface area (Å²) in [5.74, 6) is 0.256. The van der Waals surface area contributed by atoms with Gasteiger partial charge in [0.2, 0.25) is 17.7 Å². The number of carbonyl (C=O) groups is 6. The highest BCUT2D eigenvalue weighted by Gasteiger charge is 2.32. The molecule has 15 rings (SSSR count). The topological polar surface area (TPSA) is 321 Å². The van der Waals surface area contributed by atoms with Crippen LogP contribution in [0.2, 0.25) is 10.0 Å². The van der Waals surface area contributed by atoms with Crippen LogP contribution in [0.15, 0.2) is 184 Å². The SMILES string of the molecule is C=CC(=O)N1CCCC(n2nc(-c3ccc(CCC(=O)c4c(C)cccc4F)cc3)c3c(N)ncnc32)C1.C=CC(=O)N1CCCC(n2nc(-c3ccc(CCC(=O)c4cc(Cl)ccc4C)cc3)c3c(N)ncnc32)C1.C=CC(=O)N1CCCC(n2nc(-c3ccc(CCC(=O)c4ccc(Cl)cc4C)cc3)c3c(N)ncnc32)C1. The fourth-order valence-electron chi connectivity index (χ4n) is 15.3. The quantitative estimate of drug-likeness (QED) is 0.0444. The molecule has 27 heteroatoms. The Balaban J connectivity index is 0.000000149. The van der Waals surface area contributed by atoms with Crippen LogP contribution in [0.4, 0.5) is 21.8 Å². The van der Waals surface area contributed by atoms with Crippen molar-refractivity contribution < 1.29 is 33.2 Å². The van der Waals surface area contributed by atoms with Gasteiger partial charge in [-0.3, -0.25) is 28.8 Å². The van der Waals surface area contributed by atoms with Crippen LogP contribution in [-0.2, 0) is 33.6 Å². The van der Waals surface area contributed by atoms with Gasteiger partial charge in [-0.15, -0.1) is 0 Å². The van der Waals surface area contributed by atoms with Gasteiger partial charge in [-0.25, -0.2) is 48.3 Å². The van der Waals surface area contributed by atoms with Crippen LogP contribution < -0.4 is 17.2 Å². The third-order valence-corrected chi connectivity index (χ3v) is 21.8. The number of amides is 3. The summed E-state index contributed by atoms with van der Waals surface area (Å²) >= 11 is 12.1. The van der Waals surface area contributed by atoms with E-state index in [2.05, 4.69) is 49.6 Å². The number of hydrogen-bond donors (Lipinski definition) is 3. The molecule has 0 radical (unpaired) electrons. The van der Waals surface area contributed by atoms with Gasteiger partial charge in [0, 0.05) is 96.4 Å². The van der Waals surface area contributed by atoms with Crippen LogP contribution in [0.1, 0.15) is 140 Å². The number of aromatic nitrogens is 12. The molecule has 3 aliphatic heterocycles. The van der Waals surface area contributed by atoms with Crippen molar-refractivity contribution in [2.24, 2.45) is 0 Å². The number of fused-ring (bicyclic) bond motifs is 3. The number of benzene rings is 6. The van der Waals surface area contributed by atoms with E-state index in [1.165, 1.54) is 43.3 Å². The molecule has 6 aromatic heterocycles. The van der Waals surface area contributed by atoms with Crippen LogP contribution in [-0.4, -0.2) is 148 Å². The Kier molecular flexibility index (Phi) is 24.8. The molecule has 3 unspecified atom stereocenters. The van der Waals surface area contributed by atoms with Gasteiger partial charge in [0.1, 0.15) is 59.3 Å². The lowest BCUT2D eigenvalue weighted by Crippen LogP contribution is -2.40. The predicted molar refractivity (Wildman–Crippen MR) is 442 cm³/mol. The Morgan fingerprint density at radius 2 is 0.798 bits per heavy atom. The summed E-state index contributed by atoms with van der Waals surface area (Å²) in [6.45, 7) is 20.1. The number of nitrogens with two attached hydrogens (primary N) is 3. The maximum absolute atomic E-state index is 14.2. The van der Waals surface area contributed by atoms with Crippen molar-refractivity contribution in [2.75, 3.05) is 56.5 Å². The van der Waals surface area contributed by atoms with Crippen LogP contribution in [0.5, 0.6) is 0 Å². The number of hydrogen-bond acceptors (Lipinski definition) is 18. The summed E-state index contributed by atoms with van der Waals surface area (Å²) in [5, 5.41) is 18.0. The average Bonchev–Trinajstić information content (AvgIpc) is 1.62. The Hall–Kier alpha value is -12.5. The smallest absolute Gasteiger partial charge is 0.246 e. The lowest BCUT2D eigenvalue weighted by atomic mass is 9.98. The highest BCUT2D eigenvalue weighted by molar-refractivity contribution is 6.31. The van der Waals surface area contributed by atoms with Crippen LogP contribution in [0, 0.1) is 26.6 Å². The zero-order valence-corrected chi connectivity index (χ0v) is 65.2. The molecule has 3 amide bonds. The summed E-state index contributed by atoms with van der Waals surface area (Å²) < 4.78 is 19.8. The third-order valence-electron chi connectivity index (χ3n) is 21.3. The van der Waals surface area contributed by atoms with Crippen molar-refractivity contribution in [3.05, 3.63) is 250 Å². The summed E-state index contributed by atoms with van der Waals surface area (Å²) in [4.78, 5) is 106. The van der Waals surface area contributed by atoms with E-state index in [-0.39, 0.29) is 65.2 Å². The van der Waals surface area contributed by atoms with Crippen LogP contribution >= 0.6 is 23.2 Å². The molecule has 0 aliphatic carbocycles. The van der Waals surface area contributed by atoms with Crippen LogP contribution in [0.25, 0.3) is 66.9 Å².